The van der Waals surface area contributed by atoms with E-state index in [4.69, 9.17) is 0 Å². The van der Waals surface area contributed by atoms with Gasteiger partial charge in [0.15, 0.2) is 0 Å². The van der Waals surface area contributed by atoms with E-state index >= 15 is 0 Å². The van der Waals surface area contributed by atoms with E-state index in [1.54, 1.807) is 12.1 Å². The normalized spacial score (nSPS) is 11.3. The Kier molecular flexibility index (Phi) is 15.8. The SMILES string of the molecule is CCCCCCCCCCCCCCc1cccc([O-])c1S(=O)(=O)O.[K+]. The second kappa shape index (κ2) is 15.5. The van der Waals surface area contributed by atoms with E-state index in [1.165, 1.54) is 63.9 Å². The van der Waals surface area contributed by atoms with Gasteiger partial charge < -0.3 is 5.11 Å². The van der Waals surface area contributed by atoms with Crippen LogP contribution in [-0.4, -0.2) is 13.0 Å². The van der Waals surface area contributed by atoms with Crippen LogP contribution >= 0.6 is 0 Å². The molecule has 1 N–H and O–H groups in total. The molecule has 0 spiro atoms. The van der Waals surface area contributed by atoms with Crippen molar-refractivity contribution < 1.29 is 69.5 Å². The van der Waals surface area contributed by atoms with Crippen molar-refractivity contribution in [3.8, 4) is 5.75 Å². The Hall–Kier alpha value is 0.566. The summed E-state index contributed by atoms with van der Waals surface area (Å²) in [5, 5.41) is 11.7. The summed E-state index contributed by atoms with van der Waals surface area (Å²) in [7, 11) is -4.44. The van der Waals surface area contributed by atoms with Gasteiger partial charge >= 0.3 is 51.4 Å². The Labute approximate surface area is 202 Å². The molecule has 0 atom stereocenters. The van der Waals surface area contributed by atoms with E-state index in [0.717, 1.165) is 19.3 Å². The van der Waals surface area contributed by atoms with Gasteiger partial charge in [0.05, 0.1) is 4.90 Å². The summed E-state index contributed by atoms with van der Waals surface area (Å²) >= 11 is 0. The van der Waals surface area contributed by atoms with Crippen molar-refractivity contribution in [2.45, 2.75) is 95.3 Å². The van der Waals surface area contributed by atoms with E-state index in [2.05, 4.69) is 6.92 Å². The molecular formula is C20H33KO4S. The predicted molar refractivity (Wildman–Crippen MR) is 100 cm³/mol. The topological polar surface area (TPSA) is 77.4 Å². The van der Waals surface area contributed by atoms with Crippen molar-refractivity contribution in [3.05, 3.63) is 23.8 Å². The molecule has 0 aliphatic rings. The summed E-state index contributed by atoms with van der Waals surface area (Å²) in [5.74, 6) is -0.626. The van der Waals surface area contributed by atoms with Gasteiger partial charge in [-0.05, 0) is 18.4 Å². The van der Waals surface area contributed by atoms with E-state index < -0.39 is 20.8 Å². The van der Waals surface area contributed by atoms with Crippen molar-refractivity contribution in [2.75, 3.05) is 0 Å². The summed E-state index contributed by atoms with van der Waals surface area (Å²) in [5.41, 5.74) is 0.432. The number of hydrogen-bond donors (Lipinski definition) is 1. The second-order valence-electron chi connectivity index (χ2n) is 6.86. The van der Waals surface area contributed by atoms with Crippen molar-refractivity contribution in [2.24, 2.45) is 0 Å². The molecule has 0 saturated carbocycles. The summed E-state index contributed by atoms with van der Waals surface area (Å²) < 4.78 is 31.9. The standard InChI is InChI=1S/C20H34O4S.K/c1-2-3-4-5-6-7-8-9-10-11-12-13-15-18-16-14-17-19(21)20(18)25(22,23)24;/h14,16-17,21H,2-13,15H2,1H3,(H,22,23,24);/q;+1/p-1. The van der Waals surface area contributed by atoms with Crippen LogP contribution in [0, 0.1) is 0 Å². The molecule has 0 amide bonds. The van der Waals surface area contributed by atoms with E-state index in [1.807, 2.05) is 0 Å². The minimum absolute atomic E-state index is 0. The summed E-state index contributed by atoms with van der Waals surface area (Å²) in [6, 6.07) is 4.34. The molecule has 6 heteroatoms. The van der Waals surface area contributed by atoms with Gasteiger partial charge in [0.25, 0.3) is 10.1 Å². The van der Waals surface area contributed by atoms with Crippen LogP contribution < -0.4 is 56.5 Å². The average Bonchev–Trinajstić information content (AvgIpc) is 2.54. The van der Waals surface area contributed by atoms with E-state index in [9.17, 15) is 18.1 Å². The molecule has 144 valence electrons. The first-order valence-corrected chi connectivity index (χ1v) is 11.2. The zero-order valence-electron chi connectivity index (χ0n) is 16.5. The molecule has 0 radical (unpaired) electrons. The van der Waals surface area contributed by atoms with Gasteiger partial charge in [0.1, 0.15) is 0 Å². The Bertz CT molecular complexity index is 587. The van der Waals surface area contributed by atoms with Crippen LogP contribution in [0.15, 0.2) is 23.1 Å². The van der Waals surface area contributed by atoms with Crippen LogP contribution in [-0.2, 0) is 16.5 Å². The molecule has 1 rings (SSSR count). The van der Waals surface area contributed by atoms with Crippen LogP contribution in [0.2, 0.25) is 0 Å². The molecular weight excluding hydrogens is 375 g/mol. The van der Waals surface area contributed by atoms with Crippen LogP contribution in [0.3, 0.4) is 0 Å². The molecule has 0 unspecified atom stereocenters. The first-order chi connectivity index (χ1) is 12.0. The molecule has 0 aliphatic heterocycles. The fourth-order valence-electron chi connectivity index (χ4n) is 3.21. The van der Waals surface area contributed by atoms with Gasteiger partial charge in [0.2, 0.25) is 0 Å². The first-order valence-electron chi connectivity index (χ1n) is 9.73. The third-order valence-electron chi connectivity index (χ3n) is 4.62. The molecule has 1 aromatic carbocycles. The molecule has 26 heavy (non-hydrogen) atoms. The average molecular weight is 409 g/mol. The maximum Gasteiger partial charge on any atom is 1.00 e. The summed E-state index contributed by atoms with van der Waals surface area (Å²) in [4.78, 5) is -0.446. The zero-order valence-corrected chi connectivity index (χ0v) is 20.4. The minimum Gasteiger partial charge on any atom is -0.872 e. The Morgan fingerprint density at radius 3 is 1.77 bits per heavy atom. The van der Waals surface area contributed by atoms with Gasteiger partial charge in [-0.3, -0.25) is 4.55 Å². The Morgan fingerprint density at radius 2 is 1.31 bits per heavy atom. The third-order valence-corrected chi connectivity index (χ3v) is 5.60. The van der Waals surface area contributed by atoms with Gasteiger partial charge in [-0.2, -0.15) is 8.42 Å². The van der Waals surface area contributed by atoms with Crippen molar-refractivity contribution >= 4 is 10.1 Å². The molecule has 0 saturated heterocycles. The summed E-state index contributed by atoms with van der Waals surface area (Å²) in [6.07, 6.45) is 15.3. The molecule has 0 aliphatic carbocycles. The fraction of sp³-hybridized carbons (Fsp3) is 0.700. The minimum atomic E-state index is -4.44. The van der Waals surface area contributed by atoms with Crippen LogP contribution in [0.25, 0.3) is 0 Å². The smallest absolute Gasteiger partial charge is 0.872 e. The van der Waals surface area contributed by atoms with Crippen molar-refractivity contribution in [1.29, 1.82) is 0 Å². The first kappa shape index (κ1) is 26.6. The quantitative estimate of drug-likeness (QED) is 0.291. The van der Waals surface area contributed by atoms with Crippen LogP contribution in [0.5, 0.6) is 5.75 Å². The number of rotatable bonds is 14. The van der Waals surface area contributed by atoms with Gasteiger partial charge in [-0.25, -0.2) is 0 Å². The number of benzene rings is 1. The van der Waals surface area contributed by atoms with Crippen LogP contribution in [0.4, 0.5) is 0 Å². The van der Waals surface area contributed by atoms with Crippen molar-refractivity contribution in [3.63, 3.8) is 0 Å². The zero-order chi connectivity index (χ0) is 18.5. The Morgan fingerprint density at radius 1 is 0.846 bits per heavy atom. The molecule has 0 fully saturated rings. The van der Waals surface area contributed by atoms with E-state index in [0.29, 0.717) is 12.0 Å². The van der Waals surface area contributed by atoms with Gasteiger partial charge in [-0.15, -0.1) is 0 Å². The van der Waals surface area contributed by atoms with Gasteiger partial charge in [-0.1, -0.05) is 102 Å². The number of hydrogen-bond acceptors (Lipinski definition) is 3. The van der Waals surface area contributed by atoms with E-state index in [-0.39, 0.29) is 51.4 Å². The second-order valence-corrected chi connectivity index (χ2v) is 8.22. The van der Waals surface area contributed by atoms with Crippen LogP contribution in [0.1, 0.15) is 89.5 Å². The third kappa shape index (κ3) is 11.4. The molecule has 1 aromatic rings. The maximum atomic E-state index is 11.7. The molecule has 4 nitrogen and oxygen atoms in total. The van der Waals surface area contributed by atoms with Gasteiger partial charge in [0, 0.05) is 0 Å². The molecule has 0 aromatic heterocycles. The molecule has 0 heterocycles. The number of aryl methyl sites for hydroxylation is 1. The monoisotopic (exact) mass is 408 g/mol. The molecule has 0 bridgehead atoms. The predicted octanol–water partition coefficient (Wildman–Crippen LogP) is 2.25. The Balaban J connectivity index is 0.00000625. The maximum absolute atomic E-state index is 11.7. The number of unbranched alkanes of at least 4 members (excludes halogenated alkanes) is 11. The largest absolute Gasteiger partial charge is 1.00 e. The summed E-state index contributed by atoms with van der Waals surface area (Å²) in [6.45, 7) is 2.24. The fourth-order valence-corrected chi connectivity index (χ4v) is 4.03. The van der Waals surface area contributed by atoms with Crippen molar-refractivity contribution in [1.82, 2.24) is 0 Å².